The first-order valence-corrected chi connectivity index (χ1v) is 7.95. The van der Waals surface area contributed by atoms with Gasteiger partial charge >= 0.3 is 0 Å². The number of thioether (sulfide) groups is 1. The van der Waals surface area contributed by atoms with Crippen molar-refractivity contribution in [3.8, 4) is 11.1 Å². The maximum atomic E-state index is 6.45. The maximum absolute atomic E-state index is 6.45. The minimum Gasteiger partial charge on any atom is -0.384 e. The van der Waals surface area contributed by atoms with E-state index in [1.54, 1.807) is 6.20 Å². The Morgan fingerprint density at radius 3 is 2.74 bits per heavy atom. The van der Waals surface area contributed by atoms with Gasteiger partial charge in [0, 0.05) is 10.6 Å². The Kier molecular flexibility index (Phi) is 3.71. The van der Waals surface area contributed by atoms with Crippen molar-refractivity contribution in [1.29, 1.82) is 0 Å². The molecule has 2 heterocycles. The Morgan fingerprint density at radius 2 is 2.11 bits per heavy atom. The van der Waals surface area contributed by atoms with Gasteiger partial charge in [-0.1, -0.05) is 23.7 Å². The van der Waals surface area contributed by atoms with Gasteiger partial charge in [-0.2, -0.15) is 16.9 Å². The highest BCUT2D eigenvalue weighted by Gasteiger charge is 2.18. The number of aromatic nitrogens is 2. The molecule has 3 rings (SSSR count). The SMILES string of the molecule is Nc1[nH]ncc1-c1ccc(C2CCSCC2)c(Cl)c1. The van der Waals surface area contributed by atoms with Crippen LogP contribution in [0.1, 0.15) is 24.3 Å². The normalized spacial score (nSPS) is 16.7. The number of hydrogen-bond donors (Lipinski definition) is 2. The van der Waals surface area contributed by atoms with Crippen molar-refractivity contribution >= 4 is 29.2 Å². The molecule has 1 aliphatic heterocycles. The van der Waals surface area contributed by atoms with Crippen LogP contribution in [0.5, 0.6) is 0 Å². The topological polar surface area (TPSA) is 54.7 Å². The van der Waals surface area contributed by atoms with Crippen molar-refractivity contribution in [3.05, 3.63) is 35.0 Å². The van der Waals surface area contributed by atoms with Crippen molar-refractivity contribution in [2.45, 2.75) is 18.8 Å². The zero-order valence-corrected chi connectivity index (χ0v) is 12.1. The van der Waals surface area contributed by atoms with Gasteiger partial charge in [0.1, 0.15) is 5.82 Å². The van der Waals surface area contributed by atoms with Crippen LogP contribution >= 0.6 is 23.4 Å². The van der Waals surface area contributed by atoms with E-state index in [1.165, 1.54) is 29.9 Å². The molecule has 0 amide bonds. The third kappa shape index (κ3) is 2.60. The minimum atomic E-state index is 0.581. The standard InChI is InChI=1S/C14H16ClN3S/c15-13-7-10(12-8-17-18-14(12)16)1-2-11(13)9-3-5-19-6-4-9/h1-2,7-9H,3-6H2,(H3,16,17,18). The molecule has 19 heavy (non-hydrogen) atoms. The first-order chi connectivity index (χ1) is 9.25. The Hall–Kier alpha value is -1.13. The Bertz CT molecular complexity index is 576. The highest BCUT2D eigenvalue weighted by Crippen LogP contribution is 2.37. The van der Waals surface area contributed by atoms with Crippen LogP contribution in [-0.4, -0.2) is 21.7 Å². The van der Waals surface area contributed by atoms with E-state index in [2.05, 4.69) is 22.3 Å². The summed E-state index contributed by atoms with van der Waals surface area (Å²) in [4.78, 5) is 0. The number of H-pyrrole nitrogens is 1. The predicted octanol–water partition coefficient (Wildman–Crippen LogP) is 3.92. The summed E-state index contributed by atoms with van der Waals surface area (Å²) in [6, 6.07) is 6.23. The molecule has 0 radical (unpaired) electrons. The van der Waals surface area contributed by atoms with E-state index in [1.807, 2.05) is 17.8 Å². The van der Waals surface area contributed by atoms with Gasteiger partial charge in [-0.3, -0.25) is 5.10 Å². The number of nitrogens with one attached hydrogen (secondary N) is 1. The van der Waals surface area contributed by atoms with Gasteiger partial charge in [-0.05, 0) is 47.5 Å². The van der Waals surface area contributed by atoms with Crippen LogP contribution in [0.4, 0.5) is 5.82 Å². The van der Waals surface area contributed by atoms with Gasteiger partial charge in [0.25, 0.3) is 0 Å². The number of nitrogen functional groups attached to an aromatic ring is 1. The predicted molar refractivity (Wildman–Crippen MR) is 82.7 cm³/mol. The fourth-order valence-corrected chi connectivity index (χ4v) is 4.00. The molecule has 0 saturated carbocycles. The van der Waals surface area contributed by atoms with Crippen molar-refractivity contribution < 1.29 is 0 Å². The number of aromatic amines is 1. The third-order valence-corrected chi connectivity index (χ3v) is 5.02. The molecule has 0 aliphatic carbocycles. The lowest BCUT2D eigenvalue weighted by atomic mass is 9.92. The zero-order chi connectivity index (χ0) is 13.2. The lowest BCUT2D eigenvalue weighted by Crippen LogP contribution is -2.08. The summed E-state index contributed by atoms with van der Waals surface area (Å²) in [6.07, 6.45) is 4.17. The second-order valence-electron chi connectivity index (χ2n) is 4.82. The molecule has 0 unspecified atom stereocenters. The number of benzene rings is 1. The molecular weight excluding hydrogens is 278 g/mol. The Morgan fingerprint density at radius 1 is 1.32 bits per heavy atom. The largest absolute Gasteiger partial charge is 0.384 e. The fraction of sp³-hybridized carbons (Fsp3) is 0.357. The first-order valence-electron chi connectivity index (χ1n) is 6.42. The van der Waals surface area contributed by atoms with Gasteiger partial charge in [-0.25, -0.2) is 0 Å². The van der Waals surface area contributed by atoms with Crippen LogP contribution in [0.3, 0.4) is 0 Å². The molecule has 0 spiro atoms. The average Bonchev–Trinajstić information content (AvgIpc) is 2.86. The number of rotatable bonds is 2. The van der Waals surface area contributed by atoms with E-state index in [4.69, 9.17) is 17.3 Å². The molecule has 3 N–H and O–H groups in total. The third-order valence-electron chi connectivity index (χ3n) is 3.64. The lowest BCUT2D eigenvalue weighted by Gasteiger charge is -2.23. The summed E-state index contributed by atoms with van der Waals surface area (Å²) in [5.41, 5.74) is 9.04. The minimum absolute atomic E-state index is 0.581. The van der Waals surface area contributed by atoms with E-state index in [0.717, 1.165) is 16.1 Å². The number of halogens is 1. The van der Waals surface area contributed by atoms with E-state index >= 15 is 0 Å². The summed E-state index contributed by atoms with van der Waals surface area (Å²) >= 11 is 8.48. The molecule has 1 aliphatic rings. The smallest absolute Gasteiger partial charge is 0.126 e. The second kappa shape index (κ2) is 5.47. The molecule has 0 atom stereocenters. The van der Waals surface area contributed by atoms with E-state index < -0.39 is 0 Å². The highest BCUT2D eigenvalue weighted by atomic mass is 35.5. The summed E-state index contributed by atoms with van der Waals surface area (Å²) in [5.74, 6) is 3.65. The fourth-order valence-electron chi connectivity index (χ4n) is 2.56. The molecule has 1 aromatic heterocycles. The second-order valence-corrected chi connectivity index (χ2v) is 6.45. The summed E-state index contributed by atoms with van der Waals surface area (Å²) < 4.78 is 0. The van der Waals surface area contributed by atoms with Gasteiger partial charge in [-0.15, -0.1) is 0 Å². The Balaban J connectivity index is 1.91. The number of nitrogens with zero attached hydrogens (tertiary/aromatic N) is 1. The molecular formula is C14H16ClN3S. The molecule has 1 aromatic carbocycles. The summed E-state index contributed by atoms with van der Waals surface area (Å²) in [7, 11) is 0. The van der Waals surface area contributed by atoms with Crippen LogP contribution in [0.2, 0.25) is 5.02 Å². The molecule has 1 fully saturated rings. The zero-order valence-electron chi connectivity index (χ0n) is 10.5. The van der Waals surface area contributed by atoms with Crippen LogP contribution < -0.4 is 5.73 Å². The number of hydrogen-bond acceptors (Lipinski definition) is 3. The Labute approximate surface area is 121 Å². The molecule has 100 valence electrons. The van der Waals surface area contributed by atoms with Crippen molar-refractivity contribution in [3.63, 3.8) is 0 Å². The number of anilines is 1. The van der Waals surface area contributed by atoms with Crippen molar-refractivity contribution in [1.82, 2.24) is 10.2 Å². The summed E-state index contributed by atoms with van der Waals surface area (Å²) in [6.45, 7) is 0. The van der Waals surface area contributed by atoms with Gasteiger partial charge in [0.15, 0.2) is 0 Å². The number of nitrogens with two attached hydrogens (primary N) is 1. The van der Waals surface area contributed by atoms with Gasteiger partial charge in [0.05, 0.1) is 6.20 Å². The van der Waals surface area contributed by atoms with E-state index in [9.17, 15) is 0 Å². The van der Waals surface area contributed by atoms with Crippen molar-refractivity contribution in [2.24, 2.45) is 0 Å². The quantitative estimate of drug-likeness (QED) is 0.882. The molecule has 0 bridgehead atoms. The van der Waals surface area contributed by atoms with E-state index in [-0.39, 0.29) is 0 Å². The van der Waals surface area contributed by atoms with Gasteiger partial charge < -0.3 is 5.73 Å². The van der Waals surface area contributed by atoms with E-state index in [0.29, 0.717) is 11.7 Å². The van der Waals surface area contributed by atoms with Gasteiger partial charge in [0.2, 0.25) is 0 Å². The molecule has 1 saturated heterocycles. The van der Waals surface area contributed by atoms with Crippen LogP contribution in [0, 0.1) is 0 Å². The summed E-state index contributed by atoms with van der Waals surface area (Å²) in [5, 5.41) is 7.53. The molecule has 3 nitrogen and oxygen atoms in total. The maximum Gasteiger partial charge on any atom is 0.126 e. The molecule has 5 heteroatoms. The lowest BCUT2D eigenvalue weighted by molar-refractivity contribution is 0.637. The van der Waals surface area contributed by atoms with Crippen LogP contribution in [0.15, 0.2) is 24.4 Å². The average molecular weight is 294 g/mol. The monoisotopic (exact) mass is 293 g/mol. The van der Waals surface area contributed by atoms with Crippen molar-refractivity contribution in [2.75, 3.05) is 17.2 Å². The molecule has 2 aromatic rings. The van der Waals surface area contributed by atoms with Crippen LogP contribution in [-0.2, 0) is 0 Å². The first kappa shape index (κ1) is 12.9. The van der Waals surface area contributed by atoms with Crippen LogP contribution in [0.25, 0.3) is 11.1 Å². The highest BCUT2D eigenvalue weighted by molar-refractivity contribution is 7.99.